The van der Waals surface area contributed by atoms with Gasteiger partial charge in [-0.05, 0) is 106 Å². The fourth-order valence-electron chi connectivity index (χ4n) is 6.70. The summed E-state index contributed by atoms with van der Waals surface area (Å²) in [6.07, 6.45) is 5.70. The minimum absolute atomic E-state index is 0.0631. The Morgan fingerprint density at radius 2 is 2.00 bits per heavy atom. The average molecular weight is 494 g/mol. The Morgan fingerprint density at radius 3 is 2.71 bits per heavy atom. The molecule has 0 heterocycles. The van der Waals surface area contributed by atoms with Crippen LogP contribution in [0.5, 0.6) is 5.75 Å². The Bertz CT molecular complexity index is 951. The van der Waals surface area contributed by atoms with E-state index in [4.69, 9.17) is 14.0 Å². The molecule has 2 fully saturated rings. The van der Waals surface area contributed by atoms with Gasteiger partial charge in [-0.25, -0.2) is 5.09 Å². The molecule has 0 aliphatic heterocycles. The number of aliphatic hydroxyl groups is 1. The molecule has 4 rings (SSSR count). The summed E-state index contributed by atoms with van der Waals surface area (Å²) in [5.41, 5.74) is 2.68. The smallest absolute Gasteiger partial charge is 0.342 e. The molecule has 34 heavy (non-hydrogen) atoms. The monoisotopic (exact) mass is 493 g/mol. The second-order valence-corrected chi connectivity index (χ2v) is 13.0. The van der Waals surface area contributed by atoms with Gasteiger partial charge in [-0.3, -0.25) is 9.36 Å². The van der Waals surface area contributed by atoms with Crippen molar-refractivity contribution < 1.29 is 28.5 Å². The Hall–Kier alpha value is -1.40. The summed E-state index contributed by atoms with van der Waals surface area (Å²) in [5, 5.41) is 13.4. The molecular formula is C26H40NO6P. The molecule has 2 saturated carbocycles. The Morgan fingerprint density at radius 1 is 1.24 bits per heavy atom. The molecule has 0 radical (unpaired) electrons. The number of methoxy groups -OCH3 is 1. The van der Waals surface area contributed by atoms with E-state index < -0.39 is 19.5 Å². The van der Waals surface area contributed by atoms with E-state index in [2.05, 4.69) is 18.1 Å². The van der Waals surface area contributed by atoms with Gasteiger partial charge in [0.2, 0.25) is 0 Å². The summed E-state index contributed by atoms with van der Waals surface area (Å²) < 4.78 is 29.8. The molecule has 2 N–H and O–H groups in total. The normalized spacial score (nSPS) is 32.8. The molecule has 0 aromatic heterocycles. The number of rotatable bonds is 8. The highest BCUT2D eigenvalue weighted by molar-refractivity contribution is 7.57. The number of ether oxygens (including phenoxy) is 2. The van der Waals surface area contributed by atoms with Gasteiger partial charge in [0, 0.05) is 7.11 Å². The summed E-state index contributed by atoms with van der Waals surface area (Å²) in [4.78, 5) is 12.2. The summed E-state index contributed by atoms with van der Waals surface area (Å²) in [6, 6.07) is 5.23. The second kappa shape index (κ2) is 9.93. The fraction of sp³-hybridized carbons (Fsp3) is 0.731. The topological polar surface area (TPSA) is 94.1 Å². The summed E-state index contributed by atoms with van der Waals surface area (Å²) >= 11 is 0. The minimum Gasteiger partial charge on any atom is -0.462 e. The second-order valence-electron chi connectivity index (χ2n) is 10.9. The van der Waals surface area contributed by atoms with Gasteiger partial charge in [0.15, 0.2) is 0 Å². The SMILES string of the molecule is COCP(=O)(N[C@@H](C)C(=O)OC(C)C)Oc1ccc2c(c1)CC[C@@H]1C2CC[C@@]2(C)C1CC[C@@H]2O. The zero-order valence-electron chi connectivity index (χ0n) is 21.1. The van der Waals surface area contributed by atoms with Gasteiger partial charge in [0.25, 0.3) is 0 Å². The first-order chi connectivity index (χ1) is 16.1. The third-order valence-corrected chi connectivity index (χ3v) is 10.2. The van der Waals surface area contributed by atoms with Gasteiger partial charge >= 0.3 is 13.5 Å². The molecule has 0 saturated heterocycles. The maximum Gasteiger partial charge on any atom is 0.342 e. The van der Waals surface area contributed by atoms with Crippen molar-refractivity contribution in [3.63, 3.8) is 0 Å². The van der Waals surface area contributed by atoms with Crippen LogP contribution in [0.1, 0.15) is 76.8 Å². The highest BCUT2D eigenvalue weighted by atomic mass is 31.2. The van der Waals surface area contributed by atoms with Gasteiger partial charge in [0.1, 0.15) is 18.1 Å². The van der Waals surface area contributed by atoms with Crippen molar-refractivity contribution in [2.24, 2.45) is 17.3 Å². The van der Waals surface area contributed by atoms with Crippen molar-refractivity contribution in [1.82, 2.24) is 5.09 Å². The number of aryl methyl sites for hydroxylation is 1. The molecule has 3 aliphatic rings. The molecule has 190 valence electrons. The van der Waals surface area contributed by atoms with E-state index >= 15 is 0 Å². The van der Waals surface area contributed by atoms with Crippen LogP contribution in [0.2, 0.25) is 0 Å². The molecular weight excluding hydrogens is 453 g/mol. The predicted molar refractivity (Wildman–Crippen MR) is 131 cm³/mol. The molecule has 3 aliphatic carbocycles. The van der Waals surface area contributed by atoms with Crippen LogP contribution in [-0.2, 0) is 25.3 Å². The highest BCUT2D eigenvalue weighted by Gasteiger charge is 2.54. The van der Waals surface area contributed by atoms with Crippen molar-refractivity contribution in [1.29, 1.82) is 0 Å². The Kier molecular flexibility index (Phi) is 7.50. The first-order valence-electron chi connectivity index (χ1n) is 12.6. The van der Waals surface area contributed by atoms with Crippen molar-refractivity contribution in [3.8, 4) is 5.75 Å². The van der Waals surface area contributed by atoms with Crippen LogP contribution in [0.25, 0.3) is 0 Å². The summed E-state index contributed by atoms with van der Waals surface area (Å²) in [7, 11) is -2.03. The average Bonchev–Trinajstić information content (AvgIpc) is 3.07. The van der Waals surface area contributed by atoms with Gasteiger partial charge in [0.05, 0.1) is 12.2 Å². The summed E-state index contributed by atoms with van der Waals surface area (Å²) in [5.74, 6) is 1.75. The predicted octanol–water partition coefficient (Wildman–Crippen LogP) is 5.01. The minimum atomic E-state index is -3.49. The van der Waals surface area contributed by atoms with Crippen LogP contribution < -0.4 is 9.61 Å². The van der Waals surface area contributed by atoms with E-state index in [1.54, 1.807) is 20.8 Å². The third kappa shape index (κ3) is 4.95. The third-order valence-electron chi connectivity index (χ3n) is 8.30. The lowest BCUT2D eigenvalue weighted by Crippen LogP contribution is -2.43. The van der Waals surface area contributed by atoms with E-state index in [0.717, 1.165) is 38.5 Å². The fourth-order valence-corrected chi connectivity index (χ4v) is 8.37. The largest absolute Gasteiger partial charge is 0.462 e. The van der Waals surface area contributed by atoms with Crippen LogP contribution in [0.4, 0.5) is 0 Å². The molecule has 7 nitrogen and oxygen atoms in total. The maximum absolute atomic E-state index is 13.5. The van der Waals surface area contributed by atoms with Gasteiger partial charge < -0.3 is 19.1 Å². The number of carbonyl (C=O) groups is 1. The number of esters is 1. The lowest BCUT2D eigenvalue weighted by molar-refractivity contribution is -0.149. The zero-order chi connectivity index (χ0) is 24.7. The maximum atomic E-state index is 13.5. The van der Waals surface area contributed by atoms with Crippen molar-refractivity contribution in [2.45, 2.75) is 90.4 Å². The number of nitrogens with one attached hydrogen (secondary N) is 1. The molecule has 0 amide bonds. The van der Waals surface area contributed by atoms with E-state index in [9.17, 15) is 14.5 Å². The van der Waals surface area contributed by atoms with Crippen LogP contribution in [0.15, 0.2) is 18.2 Å². The van der Waals surface area contributed by atoms with E-state index in [-0.39, 0.29) is 24.0 Å². The molecule has 0 spiro atoms. The number of fused-ring (bicyclic) bond motifs is 5. The van der Waals surface area contributed by atoms with E-state index in [0.29, 0.717) is 23.5 Å². The first kappa shape index (κ1) is 25.7. The van der Waals surface area contributed by atoms with E-state index in [1.807, 2.05) is 12.1 Å². The number of hydrogen-bond acceptors (Lipinski definition) is 6. The van der Waals surface area contributed by atoms with Crippen LogP contribution in [0.3, 0.4) is 0 Å². The number of aliphatic hydroxyl groups excluding tert-OH is 1. The number of hydrogen-bond donors (Lipinski definition) is 2. The first-order valence-corrected chi connectivity index (χ1v) is 14.4. The molecule has 1 aromatic carbocycles. The van der Waals surface area contributed by atoms with Crippen molar-refractivity contribution in [2.75, 3.05) is 13.5 Å². The van der Waals surface area contributed by atoms with Crippen molar-refractivity contribution >= 4 is 13.5 Å². The molecule has 3 unspecified atom stereocenters. The van der Waals surface area contributed by atoms with Crippen LogP contribution >= 0.6 is 7.52 Å². The zero-order valence-corrected chi connectivity index (χ0v) is 22.0. The van der Waals surface area contributed by atoms with Crippen LogP contribution in [-0.4, -0.2) is 42.8 Å². The van der Waals surface area contributed by atoms with Gasteiger partial charge in [-0.1, -0.05) is 13.0 Å². The molecule has 7 atom stereocenters. The van der Waals surface area contributed by atoms with Crippen LogP contribution in [0, 0.1) is 17.3 Å². The molecule has 8 heteroatoms. The van der Waals surface area contributed by atoms with Gasteiger partial charge in [-0.2, -0.15) is 0 Å². The Labute approximate surface area is 203 Å². The standard InChI is InChI=1S/C26H40NO6P/c1-16(2)32-25(29)17(3)27-34(30,15-31-5)33-19-7-9-20-18(14-19)6-8-22-21(20)12-13-26(4)23(22)10-11-24(26)28/h7,9,14,16-17,21-24,28H,6,8,10-13,15H2,1-5H3,(H,27,30)/t17-,21?,22+,23?,24-,26-,34?/m0/s1. The van der Waals surface area contributed by atoms with Gasteiger partial charge in [-0.15, -0.1) is 0 Å². The lowest BCUT2D eigenvalue weighted by Gasteiger charge is -2.50. The Balaban J connectivity index is 1.49. The summed E-state index contributed by atoms with van der Waals surface area (Å²) in [6.45, 7) is 7.45. The molecule has 1 aromatic rings. The van der Waals surface area contributed by atoms with Crippen molar-refractivity contribution in [3.05, 3.63) is 29.3 Å². The van der Waals surface area contributed by atoms with E-state index in [1.165, 1.54) is 18.2 Å². The molecule has 0 bridgehead atoms. The lowest BCUT2D eigenvalue weighted by atomic mass is 9.55. The number of benzene rings is 1. The number of carbonyl (C=O) groups excluding carboxylic acids is 1. The highest BCUT2D eigenvalue weighted by Crippen LogP contribution is 2.61. The quantitative estimate of drug-likeness (QED) is 0.388.